The molecule has 4 heteroatoms. The van der Waals surface area contributed by atoms with Gasteiger partial charge in [0, 0.05) is 27.7 Å². The third-order valence-electron chi connectivity index (χ3n) is 2.36. The highest BCUT2D eigenvalue weighted by atomic mass is 127. The summed E-state index contributed by atoms with van der Waals surface area (Å²) < 4.78 is 7.87. The van der Waals surface area contributed by atoms with E-state index in [1.54, 1.807) is 6.07 Å². The fraction of sp³-hybridized carbons (Fsp3) is 0.182. The van der Waals surface area contributed by atoms with Crippen molar-refractivity contribution in [2.75, 3.05) is 7.11 Å². The van der Waals surface area contributed by atoms with Crippen molar-refractivity contribution in [2.24, 2.45) is 7.05 Å². The van der Waals surface area contributed by atoms with Gasteiger partial charge >= 0.3 is 5.97 Å². The number of fused-ring (bicyclic) bond motifs is 1. The van der Waals surface area contributed by atoms with Crippen LogP contribution in [0.4, 0.5) is 0 Å². The molecule has 0 spiro atoms. The molecule has 3 nitrogen and oxygen atoms in total. The Bertz CT molecular complexity index is 531. The Balaban J connectivity index is 2.65. The number of methoxy groups -OCH3 is 1. The number of hydrogen-bond donors (Lipinski definition) is 0. The van der Waals surface area contributed by atoms with Crippen LogP contribution in [0.3, 0.4) is 0 Å². The quantitative estimate of drug-likeness (QED) is 0.598. The molecule has 0 unspecified atom stereocenters. The predicted octanol–water partition coefficient (Wildman–Crippen LogP) is 2.57. The van der Waals surface area contributed by atoms with Crippen LogP contribution in [-0.2, 0) is 11.8 Å². The summed E-state index contributed by atoms with van der Waals surface area (Å²) in [5.41, 5.74) is 1.63. The van der Waals surface area contributed by atoms with Crippen molar-refractivity contribution in [3.05, 3.63) is 33.5 Å². The first-order valence-electron chi connectivity index (χ1n) is 4.46. The molecule has 1 heterocycles. The van der Waals surface area contributed by atoms with Gasteiger partial charge in [-0.2, -0.15) is 0 Å². The third kappa shape index (κ3) is 1.73. The molecule has 1 aromatic heterocycles. The molecule has 0 bridgehead atoms. The summed E-state index contributed by atoms with van der Waals surface area (Å²) in [5.74, 6) is -0.298. The van der Waals surface area contributed by atoms with E-state index in [0.29, 0.717) is 5.56 Å². The number of carbonyl (C=O) groups is 1. The number of hydrogen-bond acceptors (Lipinski definition) is 2. The van der Waals surface area contributed by atoms with Crippen molar-refractivity contribution in [2.45, 2.75) is 0 Å². The number of carbonyl (C=O) groups excluding carboxylic acids is 1. The van der Waals surface area contributed by atoms with Crippen molar-refractivity contribution in [1.82, 2.24) is 4.57 Å². The minimum atomic E-state index is -0.298. The molecule has 1 aromatic carbocycles. The van der Waals surface area contributed by atoms with E-state index in [1.165, 1.54) is 10.7 Å². The van der Waals surface area contributed by atoms with Crippen molar-refractivity contribution >= 4 is 39.5 Å². The molecule has 78 valence electrons. The number of aromatic nitrogens is 1. The van der Waals surface area contributed by atoms with E-state index in [-0.39, 0.29) is 5.97 Å². The van der Waals surface area contributed by atoms with Crippen LogP contribution in [-0.4, -0.2) is 17.6 Å². The largest absolute Gasteiger partial charge is 0.465 e. The van der Waals surface area contributed by atoms with Crippen molar-refractivity contribution < 1.29 is 9.53 Å². The lowest BCUT2D eigenvalue weighted by molar-refractivity contribution is 0.0601. The lowest BCUT2D eigenvalue weighted by Crippen LogP contribution is -2.00. The Morgan fingerprint density at radius 2 is 2.20 bits per heavy atom. The second-order valence-corrected chi connectivity index (χ2v) is 4.47. The summed E-state index contributed by atoms with van der Waals surface area (Å²) >= 11 is 2.28. The molecular formula is C11H10INO2. The van der Waals surface area contributed by atoms with Gasteiger partial charge in [0.15, 0.2) is 0 Å². The Labute approximate surface area is 101 Å². The van der Waals surface area contributed by atoms with E-state index in [4.69, 9.17) is 0 Å². The topological polar surface area (TPSA) is 31.2 Å². The van der Waals surface area contributed by atoms with E-state index in [0.717, 1.165) is 10.9 Å². The van der Waals surface area contributed by atoms with Gasteiger partial charge in [-0.3, -0.25) is 0 Å². The van der Waals surface area contributed by atoms with Gasteiger partial charge < -0.3 is 9.30 Å². The smallest absolute Gasteiger partial charge is 0.337 e. The van der Waals surface area contributed by atoms with Gasteiger partial charge in [0.25, 0.3) is 0 Å². The van der Waals surface area contributed by atoms with Crippen molar-refractivity contribution in [1.29, 1.82) is 0 Å². The Morgan fingerprint density at radius 1 is 1.47 bits per heavy atom. The van der Waals surface area contributed by atoms with Crippen molar-refractivity contribution in [3.63, 3.8) is 0 Å². The molecule has 2 aromatic rings. The first kappa shape index (κ1) is 10.5. The number of benzene rings is 1. The third-order valence-corrected chi connectivity index (χ3v) is 3.22. The first-order valence-corrected chi connectivity index (χ1v) is 5.54. The van der Waals surface area contributed by atoms with Crippen LogP contribution in [0.2, 0.25) is 0 Å². The zero-order chi connectivity index (χ0) is 11.0. The highest BCUT2D eigenvalue weighted by Gasteiger charge is 2.09. The van der Waals surface area contributed by atoms with Gasteiger partial charge in [0.1, 0.15) is 0 Å². The maximum Gasteiger partial charge on any atom is 0.337 e. The van der Waals surface area contributed by atoms with Gasteiger partial charge in [0.2, 0.25) is 0 Å². The minimum absolute atomic E-state index is 0.298. The molecule has 0 aliphatic carbocycles. The molecule has 0 aliphatic heterocycles. The van der Waals surface area contributed by atoms with Gasteiger partial charge in [-0.05, 0) is 34.7 Å². The Hall–Kier alpha value is -1.04. The van der Waals surface area contributed by atoms with E-state index >= 15 is 0 Å². The summed E-state index contributed by atoms with van der Waals surface area (Å²) in [6.45, 7) is 0. The molecular weight excluding hydrogens is 305 g/mol. The van der Waals surface area contributed by atoms with Crippen LogP contribution in [0.5, 0.6) is 0 Å². The minimum Gasteiger partial charge on any atom is -0.465 e. The maximum absolute atomic E-state index is 11.3. The molecule has 0 aliphatic rings. The van der Waals surface area contributed by atoms with Gasteiger partial charge in [0.05, 0.1) is 12.7 Å². The Morgan fingerprint density at radius 3 is 2.87 bits per heavy atom. The van der Waals surface area contributed by atoms with Crippen LogP contribution in [0.1, 0.15) is 10.4 Å². The lowest BCUT2D eigenvalue weighted by Gasteiger charge is -2.00. The summed E-state index contributed by atoms with van der Waals surface area (Å²) in [6.07, 6.45) is 2.03. The number of ether oxygens (including phenoxy) is 1. The SMILES string of the molecule is COC(=O)c1ccc2c(I)cn(C)c2c1. The summed E-state index contributed by atoms with van der Waals surface area (Å²) in [6, 6.07) is 5.59. The van der Waals surface area contributed by atoms with Crippen LogP contribution < -0.4 is 0 Å². The van der Waals surface area contributed by atoms with E-state index in [2.05, 4.69) is 27.3 Å². The fourth-order valence-electron chi connectivity index (χ4n) is 1.58. The summed E-state index contributed by atoms with van der Waals surface area (Å²) in [5, 5.41) is 1.16. The summed E-state index contributed by atoms with van der Waals surface area (Å²) in [7, 11) is 3.35. The summed E-state index contributed by atoms with van der Waals surface area (Å²) in [4.78, 5) is 11.3. The number of rotatable bonds is 1. The number of aryl methyl sites for hydroxylation is 1. The monoisotopic (exact) mass is 315 g/mol. The molecule has 0 amide bonds. The standard InChI is InChI=1S/C11H10INO2/c1-13-6-9(12)8-4-3-7(5-10(8)13)11(14)15-2/h3-6H,1-2H3. The van der Waals surface area contributed by atoms with E-state index < -0.39 is 0 Å². The molecule has 0 radical (unpaired) electrons. The highest BCUT2D eigenvalue weighted by molar-refractivity contribution is 14.1. The number of nitrogens with zero attached hydrogens (tertiary/aromatic N) is 1. The van der Waals surface area contributed by atoms with Crippen LogP contribution in [0, 0.1) is 3.57 Å². The van der Waals surface area contributed by atoms with Crippen LogP contribution in [0.25, 0.3) is 10.9 Å². The second kappa shape index (κ2) is 3.84. The van der Waals surface area contributed by atoms with Gasteiger partial charge in [-0.15, -0.1) is 0 Å². The van der Waals surface area contributed by atoms with E-state index in [1.807, 2.05) is 29.9 Å². The zero-order valence-electron chi connectivity index (χ0n) is 8.45. The first-order chi connectivity index (χ1) is 7.13. The van der Waals surface area contributed by atoms with Crippen molar-refractivity contribution in [3.8, 4) is 0 Å². The fourth-order valence-corrected chi connectivity index (χ4v) is 2.45. The maximum atomic E-state index is 11.3. The van der Waals surface area contributed by atoms with Gasteiger partial charge in [-0.1, -0.05) is 6.07 Å². The number of halogens is 1. The Kier molecular flexibility index (Phi) is 2.68. The lowest BCUT2D eigenvalue weighted by atomic mass is 10.2. The molecule has 0 saturated carbocycles. The molecule has 0 fully saturated rings. The van der Waals surface area contributed by atoms with Crippen LogP contribution >= 0.6 is 22.6 Å². The number of esters is 1. The molecule has 15 heavy (non-hydrogen) atoms. The zero-order valence-corrected chi connectivity index (χ0v) is 10.6. The molecule has 0 atom stereocenters. The van der Waals surface area contributed by atoms with Crippen LogP contribution in [0.15, 0.2) is 24.4 Å². The van der Waals surface area contributed by atoms with E-state index in [9.17, 15) is 4.79 Å². The molecule has 0 saturated heterocycles. The second-order valence-electron chi connectivity index (χ2n) is 3.31. The average molecular weight is 315 g/mol. The molecule has 0 N–H and O–H groups in total. The average Bonchev–Trinajstić information content (AvgIpc) is 2.53. The molecule has 2 rings (SSSR count). The normalized spacial score (nSPS) is 10.6. The van der Waals surface area contributed by atoms with Gasteiger partial charge in [-0.25, -0.2) is 4.79 Å². The highest BCUT2D eigenvalue weighted by Crippen LogP contribution is 2.23. The predicted molar refractivity (Wildman–Crippen MR) is 67.0 cm³/mol.